The molecule has 1 aliphatic heterocycles. The zero-order valence-corrected chi connectivity index (χ0v) is 12.6. The Kier molecular flexibility index (Phi) is 4.07. The average molecular weight is 284 g/mol. The van der Waals surface area contributed by atoms with E-state index in [4.69, 9.17) is 4.74 Å². The van der Waals surface area contributed by atoms with Crippen LogP contribution in [0.3, 0.4) is 0 Å². The fourth-order valence-corrected chi connectivity index (χ4v) is 2.84. The Morgan fingerprint density at radius 2 is 1.71 bits per heavy atom. The summed E-state index contributed by atoms with van der Waals surface area (Å²) in [6.45, 7) is 4.95. The number of aryl methyl sites for hydroxylation is 1. The van der Waals surface area contributed by atoms with Crippen molar-refractivity contribution in [2.24, 2.45) is 5.92 Å². The van der Waals surface area contributed by atoms with Gasteiger partial charge in [0.1, 0.15) is 5.82 Å². The Bertz CT molecular complexity index is 610. The fraction of sp³-hybridized carbons (Fsp3) is 0.368. The Morgan fingerprint density at radius 1 is 1.00 bits per heavy atom. The molecule has 0 amide bonds. The van der Waals surface area contributed by atoms with Crippen molar-refractivity contribution in [1.82, 2.24) is 0 Å². The Morgan fingerprint density at radius 3 is 2.33 bits per heavy atom. The van der Waals surface area contributed by atoms with Crippen molar-refractivity contribution in [3.8, 4) is 11.1 Å². The Hall–Kier alpha value is -1.67. The smallest absolute Gasteiger partial charge is 0.129 e. The van der Waals surface area contributed by atoms with E-state index in [1.807, 2.05) is 36.4 Å². The molecule has 1 heterocycles. The summed E-state index contributed by atoms with van der Waals surface area (Å²) in [6, 6.07) is 13.7. The minimum absolute atomic E-state index is 0.0896. The van der Waals surface area contributed by atoms with E-state index in [1.54, 1.807) is 6.07 Å². The maximum absolute atomic E-state index is 14.4. The lowest BCUT2D eigenvalue weighted by Crippen LogP contribution is -2.19. The summed E-state index contributed by atoms with van der Waals surface area (Å²) in [5.41, 5.74) is 3.86. The maximum atomic E-state index is 14.4. The molecule has 2 heteroatoms. The summed E-state index contributed by atoms with van der Waals surface area (Å²) in [6.07, 6.45) is 1.92. The molecule has 21 heavy (non-hydrogen) atoms. The summed E-state index contributed by atoms with van der Waals surface area (Å²) in [4.78, 5) is 0. The molecule has 0 N–H and O–H groups in total. The highest BCUT2D eigenvalue weighted by Crippen LogP contribution is 2.33. The van der Waals surface area contributed by atoms with Gasteiger partial charge < -0.3 is 4.74 Å². The maximum Gasteiger partial charge on any atom is 0.129 e. The van der Waals surface area contributed by atoms with Gasteiger partial charge in [0, 0.05) is 12.2 Å². The number of benzene rings is 2. The van der Waals surface area contributed by atoms with Gasteiger partial charge in [-0.3, -0.25) is 0 Å². The molecule has 0 radical (unpaired) electrons. The number of hydrogen-bond acceptors (Lipinski definition) is 1. The van der Waals surface area contributed by atoms with Gasteiger partial charge in [-0.25, -0.2) is 4.39 Å². The van der Waals surface area contributed by atoms with Gasteiger partial charge in [-0.15, -0.1) is 0 Å². The lowest BCUT2D eigenvalue weighted by molar-refractivity contribution is -0.0141. The van der Waals surface area contributed by atoms with Gasteiger partial charge in [0.15, 0.2) is 0 Å². The van der Waals surface area contributed by atoms with Gasteiger partial charge >= 0.3 is 0 Å². The van der Waals surface area contributed by atoms with E-state index >= 15 is 0 Å². The van der Waals surface area contributed by atoms with E-state index in [0.29, 0.717) is 11.5 Å². The predicted octanol–water partition coefficient (Wildman–Crippen LogP) is 5.29. The lowest BCUT2D eigenvalue weighted by atomic mass is 9.94. The van der Waals surface area contributed by atoms with Gasteiger partial charge in [0.25, 0.3) is 0 Å². The molecule has 1 saturated heterocycles. The van der Waals surface area contributed by atoms with Crippen LogP contribution >= 0.6 is 0 Å². The molecule has 1 fully saturated rings. The summed E-state index contributed by atoms with van der Waals surface area (Å²) in [7, 11) is 0. The Balaban J connectivity index is 1.84. The summed E-state index contributed by atoms with van der Waals surface area (Å²) >= 11 is 0. The van der Waals surface area contributed by atoms with Crippen molar-refractivity contribution in [3.63, 3.8) is 0 Å². The van der Waals surface area contributed by atoms with E-state index in [9.17, 15) is 4.39 Å². The zero-order valence-electron chi connectivity index (χ0n) is 12.6. The van der Waals surface area contributed by atoms with Crippen LogP contribution in [0.5, 0.6) is 0 Å². The van der Waals surface area contributed by atoms with Gasteiger partial charge in [-0.1, -0.05) is 48.9 Å². The van der Waals surface area contributed by atoms with Crippen LogP contribution in [0.25, 0.3) is 11.1 Å². The summed E-state index contributed by atoms with van der Waals surface area (Å²) in [5, 5.41) is 0. The molecule has 1 nitrogen and oxygen atoms in total. The molecule has 0 spiro atoms. The molecule has 2 aromatic carbocycles. The van der Waals surface area contributed by atoms with Crippen molar-refractivity contribution in [2.45, 2.75) is 32.8 Å². The first-order chi connectivity index (χ1) is 10.1. The summed E-state index contributed by atoms with van der Waals surface area (Å²) < 4.78 is 20.2. The first-order valence-electron chi connectivity index (χ1n) is 7.61. The van der Waals surface area contributed by atoms with Crippen LogP contribution in [0.15, 0.2) is 42.5 Å². The van der Waals surface area contributed by atoms with Gasteiger partial charge in [0.2, 0.25) is 0 Å². The van der Waals surface area contributed by atoms with Crippen molar-refractivity contribution in [3.05, 3.63) is 59.4 Å². The van der Waals surface area contributed by atoms with Gasteiger partial charge in [-0.05, 0) is 42.9 Å². The molecule has 0 aliphatic carbocycles. The van der Waals surface area contributed by atoms with Crippen LogP contribution in [-0.2, 0) is 4.74 Å². The van der Waals surface area contributed by atoms with Crippen molar-refractivity contribution >= 4 is 0 Å². The normalized spacial score (nSPS) is 22.2. The van der Waals surface area contributed by atoms with Crippen molar-refractivity contribution < 1.29 is 9.13 Å². The second kappa shape index (κ2) is 5.98. The number of rotatable bonds is 2. The van der Waals surface area contributed by atoms with Gasteiger partial charge in [0.05, 0.1) is 6.10 Å². The van der Waals surface area contributed by atoms with Crippen LogP contribution in [-0.4, -0.2) is 6.61 Å². The monoisotopic (exact) mass is 284 g/mol. The summed E-state index contributed by atoms with van der Waals surface area (Å²) in [5.74, 6) is 0.420. The molecule has 0 saturated carbocycles. The van der Waals surface area contributed by atoms with Crippen LogP contribution in [0.1, 0.15) is 37.0 Å². The third-order valence-corrected chi connectivity index (χ3v) is 4.24. The largest absolute Gasteiger partial charge is 0.373 e. The van der Waals surface area contributed by atoms with E-state index < -0.39 is 0 Å². The number of ether oxygens (including phenoxy) is 1. The van der Waals surface area contributed by atoms with Crippen LogP contribution < -0.4 is 0 Å². The lowest BCUT2D eigenvalue weighted by Gasteiger charge is -2.27. The average Bonchev–Trinajstić information content (AvgIpc) is 2.49. The molecule has 1 aliphatic rings. The van der Waals surface area contributed by atoms with Gasteiger partial charge in [-0.2, -0.15) is 0 Å². The molecule has 2 aromatic rings. The zero-order chi connectivity index (χ0) is 14.8. The second-order valence-corrected chi connectivity index (χ2v) is 6.11. The van der Waals surface area contributed by atoms with Crippen LogP contribution in [0, 0.1) is 18.7 Å². The van der Waals surface area contributed by atoms with Crippen molar-refractivity contribution in [2.75, 3.05) is 6.61 Å². The minimum atomic E-state index is -0.160. The molecule has 0 bridgehead atoms. The predicted molar refractivity (Wildman–Crippen MR) is 83.7 cm³/mol. The molecule has 110 valence electrons. The number of halogens is 1. The van der Waals surface area contributed by atoms with E-state index in [1.165, 1.54) is 5.56 Å². The number of hydrogen-bond donors (Lipinski definition) is 0. The van der Waals surface area contributed by atoms with E-state index in [-0.39, 0.29) is 11.9 Å². The standard InChI is InChI=1S/C19H21FO/c1-13-3-6-15(7-4-13)16-8-9-17(18(20)11-16)19-10-5-14(2)12-21-19/h3-4,6-9,11,14,19H,5,10,12H2,1-2H3. The van der Waals surface area contributed by atoms with E-state index in [0.717, 1.165) is 30.6 Å². The second-order valence-electron chi connectivity index (χ2n) is 6.11. The highest BCUT2D eigenvalue weighted by Gasteiger charge is 2.22. The minimum Gasteiger partial charge on any atom is -0.373 e. The highest BCUT2D eigenvalue weighted by molar-refractivity contribution is 5.64. The molecule has 2 atom stereocenters. The molecular weight excluding hydrogens is 263 g/mol. The molecular formula is C19H21FO. The fourth-order valence-electron chi connectivity index (χ4n) is 2.84. The molecule has 3 rings (SSSR count). The third kappa shape index (κ3) is 3.16. The SMILES string of the molecule is Cc1ccc(-c2ccc(C3CCC(C)CO3)c(F)c2)cc1. The first kappa shape index (κ1) is 14.3. The third-order valence-electron chi connectivity index (χ3n) is 4.24. The van der Waals surface area contributed by atoms with Crippen molar-refractivity contribution in [1.29, 1.82) is 0 Å². The topological polar surface area (TPSA) is 9.23 Å². The van der Waals surface area contributed by atoms with E-state index in [2.05, 4.69) is 13.8 Å². The van der Waals surface area contributed by atoms with Crippen LogP contribution in [0.4, 0.5) is 4.39 Å². The molecule has 2 unspecified atom stereocenters. The highest BCUT2D eigenvalue weighted by atomic mass is 19.1. The molecule has 0 aromatic heterocycles. The first-order valence-corrected chi connectivity index (χ1v) is 7.61. The quantitative estimate of drug-likeness (QED) is 0.728. The Labute approximate surface area is 125 Å². The van der Waals surface area contributed by atoms with Crippen LogP contribution in [0.2, 0.25) is 0 Å².